The Labute approximate surface area is 268 Å². The standard InChI is InChI=1S/C24H18NS.C13H24O2.Ir/c1-15(2)21-13-16(14-23-19(21)11-12-26-23)24-20-9-4-3-7-17(20)18-8-5-6-10-22(18)25-24;1-5-10(6-2)12(14)9-13(15)11(7-3)8-4;/h3-13,15H,1-2H3;9-11,14H,5-8H2,1-4H3;/q-1;;/b;12-9-;. The third-order valence-electron chi connectivity index (χ3n) is 8.09. The van der Waals surface area contributed by atoms with Crippen molar-refractivity contribution < 1.29 is 30.0 Å². The Morgan fingerprint density at radius 1 is 0.857 bits per heavy atom. The molecule has 1 radical (unpaired) electrons. The first-order valence-corrected chi connectivity index (χ1v) is 15.9. The molecule has 1 N–H and O–H groups in total. The van der Waals surface area contributed by atoms with Crippen LogP contribution in [0.25, 0.3) is 43.0 Å². The van der Waals surface area contributed by atoms with E-state index in [4.69, 9.17) is 4.98 Å². The Balaban J connectivity index is 0.000000263. The summed E-state index contributed by atoms with van der Waals surface area (Å²) in [6.45, 7) is 12.6. The number of carbonyl (C=O) groups is 1. The number of thiophene rings is 1. The number of pyridine rings is 1. The van der Waals surface area contributed by atoms with Gasteiger partial charge >= 0.3 is 0 Å². The molecule has 42 heavy (non-hydrogen) atoms. The van der Waals surface area contributed by atoms with Gasteiger partial charge in [0.15, 0.2) is 5.78 Å². The summed E-state index contributed by atoms with van der Waals surface area (Å²) < 4.78 is 1.21. The van der Waals surface area contributed by atoms with E-state index >= 15 is 0 Å². The predicted octanol–water partition coefficient (Wildman–Crippen LogP) is 11.1. The van der Waals surface area contributed by atoms with Gasteiger partial charge in [0.2, 0.25) is 0 Å². The third-order valence-corrected chi connectivity index (χ3v) is 8.92. The maximum atomic E-state index is 11.7. The minimum absolute atomic E-state index is 0. The Morgan fingerprint density at radius 2 is 1.45 bits per heavy atom. The van der Waals surface area contributed by atoms with Crippen LogP contribution < -0.4 is 0 Å². The van der Waals surface area contributed by atoms with Gasteiger partial charge in [-0.1, -0.05) is 95.5 Å². The fraction of sp³-hybridized carbons (Fsp3) is 0.351. The second-order valence-electron chi connectivity index (χ2n) is 11.0. The monoisotopic (exact) mass is 757 g/mol. The van der Waals surface area contributed by atoms with Crippen molar-refractivity contribution >= 4 is 48.9 Å². The largest absolute Gasteiger partial charge is 0.512 e. The number of hydrogen-bond acceptors (Lipinski definition) is 4. The van der Waals surface area contributed by atoms with Gasteiger partial charge in [-0.25, -0.2) is 0 Å². The maximum Gasteiger partial charge on any atom is 0.162 e. The molecule has 0 saturated heterocycles. The van der Waals surface area contributed by atoms with Crippen molar-refractivity contribution in [1.82, 2.24) is 4.98 Å². The third kappa shape index (κ3) is 7.37. The molecule has 5 rings (SSSR count). The fourth-order valence-electron chi connectivity index (χ4n) is 5.52. The van der Waals surface area contributed by atoms with Crippen LogP contribution in [0.15, 0.2) is 77.9 Å². The number of para-hydroxylation sites is 1. The summed E-state index contributed by atoms with van der Waals surface area (Å²) in [6, 6.07) is 25.1. The molecule has 0 aliphatic heterocycles. The van der Waals surface area contributed by atoms with E-state index in [-0.39, 0.29) is 43.5 Å². The number of aromatic nitrogens is 1. The summed E-state index contributed by atoms with van der Waals surface area (Å²) >= 11 is 1.75. The minimum Gasteiger partial charge on any atom is -0.512 e. The Morgan fingerprint density at radius 3 is 2.07 bits per heavy atom. The fourth-order valence-corrected chi connectivity index (χ4v) is 6.34. The predicted molar refractivity (Wildman–Crippen MR) is 177 cm³/mol. The van der Waals surface area contributed by atoms with E-state index in [9.17, 15) is 9.90 Å². The molecule has 3 aromatic carbocycles. The quantitative estimate of drug-likeness (QED) is 0.0705. The van der Waals surface area contributed by atoms with Gasteiger partial charge in [-0.15, -0.1) is 23.3 Å². The van der Waals surface area contributed by atoms with E-state index in [1.807, 2.05) is 27.7 Å². The second-order valence-corrected chi connectivity index (χ2v) is 11.9. The van der Waals surface area contributed by atoms with Crippen molar-refractivity contribution in [2.24, 2.45) is 11.8 Å². The molecule has 2 heterocycles. The smallest absolute Gasteiger partial charge is 0.162 e. The molecule has 0 fully saturated rings. The molecule has 0 aliphatic rings. The molecule has 0 saturated carbocycles. The van der Waals surface area contributed by atoms with Crippen molar-refractivity contribution in [2.45, 2.75) is 73.1 Å². The zero-order chi connectivity index (χ0) is 29.5. The number of ketones is 1. The van der Waals surface area contributed by atoms with Gasteiger partial charge in [-0.2, -0.15) is 11.3 Å². The zero-order valence-electron chi connectivity index (χ0n) is 25.5. The molecular formula is C37H42IrNO2S-. The average Bonchev–Trinajstić information content (AvgIpc) is 3.46. The number of nitrogens with zero attached hydrogens (tertiary/aromatic N) is 1. The molecule has 0 atom stereocenters. The van der Waals surface area contributed by atoms with Crippen molar-refractivity contribution in [1.29, 1.82) is 0 Å². The van der Waals surface area contributed by atoms with E-state index in [1.54, 1.807) is 11.3 Å². The van der Waals surface area contributed by atoms with E-state index < -0.39 is 0 Å². The van der Waals surface area contributed by atoms with Crippen LogP contribution in [0.4, 0.5) is 0 Å². The molecule has 0 spiro atoms. The summed E-state index contributed by atoms with van der Waals surface area (Å²) in [6.07, 6.45) is 4.91. The molecule has 0 amide bonds. The van der Waals surface area contributed by atoms with Crippen LogP contribution in [0.1, 0.15) is 78.7 Å². The summed E-state index contributed by atoms with van der Waals surface area (Å²) in [5.74, 6) is 1.01. The summed E-state index contributed by atoms with van der Waals surface area (Å²) in [5, 5.41) is 16.9. The number of carbonyl (C=O) groups excluding carboxylic acids is 1. The number of hydrogen-bond donors (Lipinski definition) is 1. The summed E-state index contributed by atoms with van der Waals surface area (Å²) in [7, 11) is 0. The average molecular weight is 757 g/mol. The first-order valence-electron chi connectivity index (χ1n) is 15.0. The first kappa shape index (κ1) is 33.6. The molecule has 0 unspecified atom stereocenters. The number of aliphatic hydroxyl groups is 1. The van der Waals surface area contributed by atoms with Gasteiger partial charge in [0.25, 0.3) is 0 Å². The van der Waals surface area contributed by atoms with Crippen LogP contribution in [0.3, 0.4) is 0 Å². The van der Waals surface area contributed by atoms with Crippen LogP contribution in [-0.2, 0) is 24.9 Å². The number of rotatable bonds is 9. The van der Waals surface area contributed by atoms with Crippen molar-refractivity contribution in [3.63, 3.8) is 0 Å². The Bertz CT molecular complexity index is 1660. The van der Waals surface area contributed by atoms with Crippen LogP contribution in [0.2, 0.25) is 0 Å². The topological polar surface area (TPSA) is 50.2 Å². The molecule has 5 aromatic rings. The summed E-state index contributed by atoms with van der Waals surface area (Å²) in [4.78, 5) is 16.8. The Kier molecular flexibility index (Phi) is 12.5. The van der Waals surface area contributed by atoms with E-state index in [0.29, 0.717) is 5.92 Å². The number of benzene rings is 3. The molecule has 0 aliphatic carbocycles. The van der Waals surface area contributed by atoms with Gasteiger partial charge in [-0.3, -0.25) is 9.78 Å². The van der Waals surface area contributed by atoms with Gasteiger partial charge < -0.3 is 5.11 Å². The van der Waals surface area contributed by atoms with Crippen LogP contribution in [0, 0.1) is 17.9 Å². The number of allylic oxidation sites excluding steroid dienone is 2. The first-order chi connectivity index (χ1) is 19.8. The van der Waals surface area contributed by atoms with Crippen LogP contribution in [0.5, 0.6) is 0 Å². The van der Waals surface area contributed by atoms with Crippen LogP contribution >= 0.6 is 11.3 Å². The van der Waals surface area contributed by atoms with E-state index in [2.05, 4.69) is 86.0 Å². The molecule has 0 bridgehead atoms. The molecule has 2 aromatic heterocycles. The van der Waals surface area contributed by atoms with Gasteiger partial charge in [-0.05, 0) is 64.2 Å². The van der Waals surface area contributed by atoms with Gasteiger partial charge in [0, 0.05) is 43.4 Å². The molecule has 5 heteroatoms. The Hall–Kier alpha value is -2.85. The SMILES string of the molecule is CC(C)c1cc(-c2nc3ccccc3c3ccccc23)[c-]c2sccc12.CCC(CC)C(=O)/C=C(\O)C(CC)CC.[Ir]. The molecule has 3 nitrogen and oxygen atoms in total. The van der Waals surface area contributed by atoms with Crippen molar-refractivity contribution in [2.75, 3.05) is 0 Å². The second kappa shape index (κ2) is 15.6. The molecule has 223 valence electrons. The van der Waals surface area contributed by atoms with Crippen molar-refractivity contribution in [3.8, 4) is 11.3 Å². The molecular weight excluding hydrogens is 715 g/mol. The van der Waals surface area contributed by atoms with E-state index in [1.165, 1.54) is 37.9 Å². The van der Waals surface area contributed by atoms with Gasteiger partial charge in [0.05, 0.1) is 11.3 Å². The maximum absolute atomic E-state index is 11.7. The number of aliphatic hydroxyl groups excluding tert-OH is 1. The van der Waals surface area contributed by atoms with E-state index in [0.717, 1.165) is 42.5 Å². The minimum atomic E-state index is 0. The van der Waals surface area contributed by atoms with Gasteiger partial charge in [0.1, 0.15) is 0 Å². The van der Waals surface area contributed by atoms with Crippen molar-refractivity contribution in [3.05, 3.63) is 89.5 Å². The van der Waals surface area contributed by atoms with Crippen LogP contribution in [-0.4, -0.2) is 15.9 Å². The zero-order valence-corrected chi connectivity index (χ0v) is 28.7. The normalized spacial score (nSPS) is 11.8. The number of fused-ring (bicyclic) bond motifs is 4. The summed E-state index contributed by atoms with van der Waals surface area (Å²) in [5.41, 5.74) is 4.52.